The fourth-order valence-corrected chi connectivity index (χ4v) is 4.15. The van der Waals surface area contributed by atoms with Crippen LogP contribution in [0.15, 0.2) is 52.5 Å². The highest BCUT2D eigenvalue weighted by molar-refractivity contribution is 9.10. The number of carbonyl (C=O) groups is 2. The third-order valence-corrected chi connectivity index (χ3v) is 5.58. The molecule has 2 aromatic carbocycles. The van der Waals surface area contributed by atoms with E-state index in [4.69, 9.17) is 14.6 Å². The number of likely N-dealkylation sites (tertiary alicyclic amines) is 1. The lowest BCUT2D eigenvalue weighted by molar-refractivity contribution is -0.139. The second-order valence-electron chi connectivity index (χ2n) is 6.99. The maximum Gasteiger partial charge on any atom is 0.295 e. The first-order chi connectivity index (χ1) is 14.9. The van der Waals surface area contributed by atoms with Gasteiger partial charge in [-0.1, -0.05) is 19.1 Å². The van der Waals surface area contributed by atoms with Gasteiger partial charge in [-0.3, -0.25) is 9.59 Å². The molecule has 0 saturated carbocycles. The van der Waals surface area contributed by atoms with Crippen molar-refractivity contribution in [3.05, 3.63) is 63.6 Å². The van der Waals surface area contributed by atoms with Gasteiger partial charge in [-0.25, -0.2) is 0 Å². The Morgan fingerprint density at radius 2 is 1.97 bits per heavy atom. The predicted molar refractivity (Wildman–Crippen MR) is 119 cm³/mol. The van der Waals surface area contributed by atoms with Crippen molar-refractivity contribution in [2.24, 2.45) is 0 Å². The molecular formula is C23H24BrNO6. The van der Waals surface area contributed by atoms with Gasteiger partial charge < -0.3 is 24.6 Å². The van der Waals surface area contributed by atoms with Crippen molar-refractivity contribution in [2.45, 2.75) is 19.4 Å². The van der Waals surface area contributed by atoms with E-state index in [0.29, 0.717) is 40.1 Å². The topological polar surface area (TPSA) is 96.3 Å². The normalized spacial score (nSPS) is 17.8. The predicted octanol–water partition coefficient (Wildman–Crippen LogP) is 3.66. The van der Waals surface area contributed by atoms with Crippen LogP contribution < -0.4 is 9.47 Å². The van der Waals surface area contributed by atoms with Crippen molar-refractivity contribution in [1.29, 1.82) is 0 Å². The number of nitrogens with zero attached hydrogens (tertiary/aromatic N) is 1. The zero-order chi connectivity index (χ0) is 22.5. The molecule has 0 aromatic heterocycles. The number of amides is 1. The number of Topliss-reactive ketones (excluding diaryl/α,β-unsaturated/α-hetero) is 1. The zero-order valence-corrected chi connectivity index (χ0v) is 18.9. The lowest BCUT2D eigenvalue weighted by Crippen LogP contribution is -2.30. The summed E-state index contributed by atoms with van der Waals surface area (Å²) in [6, 6.07) is 11.2. The summed E-state index contributed by atoms with van der Waals surface area (Å²) in [4.78, 5) is 27.2. The lowest BCUT2D eigenvalue weighted by Gasteiger charge is -2.25. The average molecular weight is 490 g/mol. The number of carbonyl (C=O) groups excluding carboxylic acids is 2. The molecule has 0 aliphatic carbocycles. The summed E-state index contributed by atoms with van der Waals surface area (Å²) in [5.74, 6) is -0.562. The fourth-order valence-electron chi connectivity index (χ4n) is 3.61. The van der Waals surface area contributed by atoms with Crippen LogP contribution in [0.2, 0.25) is 0 Å². The number of ketones is 1. The Bertz CT molecular complexity index is 1020. The summed E-state index contributed by atoms with van der Waals surface area (Å²) in [5.41, 5.74) is 1.05. The van der Waals surface area contributed by atoms with Gasteiger partial charge in [-0.2, -0.15) is 0 Å². The number of methoxy groups -OCH3 is 1. The SMILES string of the molecule is CCCN1C(=O)C(=O)/C(=C(/O)c2ccc(OC)c(Br)c2)C1c1cccc(OCCO)c1. The Morgan fingerprint density at radius 1 is 1.19 bits per heavy atom. The largest absolute Gasteiger partial charge is 0.507 e. The molecule has 1 saturated heterocycles. The Kier molecular flexibility index (Phi) is 7.35. The van der Waals surface area contributed by atoms with Gasteiger partial charge in [0.2, 0.25) is 0 Å². The molecule has 31 heavy (non-hydrogen) atoms. The minimum absolute atomic E-state index is 0.0230. The van der Waals surface area contributed by atoms with Gasteiger partial charge in [0.05, 0.1) is 29.8 Å². The first-order valence-electron chi connectivity index (χ1n) is 9.88. The molecular weight excluding hydrogens is 466 g/mol. The van der Waals surface area contributed by atoms with Gasteiger partial charge in [0, 0.05) is 12.1 Å². The molecule has 2 aromatic rings. The van der Waals surface area contributed by atoms with Crippen molar-refractivity contribution >= 4 is 33.4 Å². The molecule has 7 nitrogen and oxygen atoms in total. The molecule has 8 heteroatoms. The van der Waals surface area contributed by atoms with Crippen LogP contribution in [0.1, 0.15) is 30.5 Å². The summed E-state index contributed by atoms with van der Waals surface area (Å²) in [7, 11) is 1.53. The molecule has 0 radical (unpaired) electrons. The van der Waals surface area contributed by atoms with Crippen LogP contribution in [0.4, 0.5) is 0 Å². The molecule has 1 atom stereocenters. The van der Waals surface area contributed by atoms with E-state index >= 15 is 0 Å². The minimum atomic E-state index is -0.751. The Hall–Kier alpha value is -2.84. The second-order valence-corrected chi connectivity index (χ2v) is 7.84. The number of aliphatic hydroxyl groups is 2. The van der Waals surface area contributed by atoms with Crippen LogP contribution in [0.3, 0.4) is 0 Å². The first-order valence-corrected chi connectivity index (χ1v) is 10.7. The van der Waals surface area contributed by atoms with Gasteiger partial charge in [0.15, 0.2) is 0 Å². The molecule has 1 amide bonds. The van der Waals surface area contributed by atoms with Crippen LogP contribution in [0.5, 0.6) is 11.5 Å². The van der Waals surface area contributed by atoms with E-state index in [1.165, 1.54) is 12.0 Å². The fraction of sp³-hybridized carbons (Fsp3) is 0.304. The van der Waals surface area contributed by atoms with Gasteiger partial charge >= 0.3 is 0 Å². The highest BCUT2D eigenvalue weighted by Crippen LogP contribution is 2.41. The highest BCUT2D eigenvalue weighted by atomic mass is 79.9. The van der Waals surface area contributed by atoms with Crippen molar-refractivity contribution in [3.8, 4) is 11.5 Å². The lowest BCUT2D eigenvalue weighted by atomic mass is 9.95. The number of halogens is 1. The summed E-state index contributed by atoms with van der Waals surface area (Å²) >= 11 is 3.38. The maximum atomic E-state index is 12.9. The molecule has 1 unspecified atom stereocenters. The number of benzene rings is 2. The van der Waals surface area contributed by atoms with E-state index in [1.54, 1.807) is 42.5 Å². The standard InChI is InChI=1S/C23H24BrNO6/c1-3-9-25-20(14-5-4-6-16(12-14)31-11-10-26)19(22(28)23(25)29)21(27)15-7-8-18(30-2)17(24)13-15/h4-8,12-13,20,26-27H,3,9-11H2,1-2H3/b21-19+. The van der Waals surface area contributed by atoms with E-state index in [9.17, 15) is 14.7 Å². The Balaban J connectivity index is 2.14. The number of hydrogen-bond acceptors (Lipinski definition) is 6. The third-order valence-electron chi connectivity index (χ3n) is 4.96. The highest BCUT2D eigenvalue weighted by Gasteiger charge is 2.45. The van der Waals surface area contributed by atoms with Crippen molar-refractivity contribution in [3.63, 3.8) is 0 Å². The zero-order valence-electron chi connectivity index (χ0n) is 17.3. The molecule has 0 spiro atoms. The third kappa shape index (κ3) is 4.60. The Labute approximate surface area is 189 Å². The number of rotatable bonds is 8. The molecule has 0 bridgehead atoms. The summed E-state index contributed by atoms with van der Waals surface area (Å²) < 4.78 is 11.3. The molecule has 1 aliphatic rings. The number of aliphatic hydroxyl groups excluding tert-OH is 2. The van der Waals surface area contributed by atoms with E-state index in [0.717, 1.165) is 0 Å². The van der Waals surface area contributed by atoms with Gasteiger partial charge in [-0.05, 0) is 58.2 Å². The van der Waals surface area contributed by atoms with E-state index in [-0.39, 0.29) is 24.5 Å². The van der Waals surface area contributed by atoms with E-state index in [2.05, 4.69) is 15.9 Å². The number of ether oxygens (including phenoxy) is 2. The summed E-state index contributed by atoms with van der Waals surface area (Å²) in [6.45, 7) is 2.27. The van der Waals surface area contributed by atoms with Crippen LogP contribution >= 0.6 is 15.9 Å². The summed E-state index contributed by atoms with van der Waals surface area (Å²) in [6.07, 6.45) is 0.651. The molecule has 2 N–H and O–H groups in total. The van der Waals surface area contributed by atoms with Gasteiger partial charge in [-0.15, -0.1) is 0 Å². The molecule has 1 aliphatic heterocycles. The maximum absolute atomic E-state index is 12.9. The molecule has 164 valence electrons. The van der Waals surface area contributed by atoms with Gasteiger partial charge in [0.1, 0.15) is 23.9 Å². The van der Waals surface area contributed by atoms with E-state index < -0.39 is 17.7 Å². The Morgan fingerprint density at radius 3 is 2.61 bits per heavy atom. The molecule has 1 heterocycles. The van der Waals surface area contributed by atoms with Crippen LogP contribution in [0.25, 0.3) is 5.76 Å². The molecule has 1 fully saturated rings. The smallest absolute Gasteiger partial charge is 0.295 e. The van der Waals surface area contributed by atoms with Crippen LogP contribution in [-0.2, 0) is 9.59 Å². The average Bonchev–Trinajstić information content (AvgIpc) is 3.02. The van der Waals surface area contributed by atoms with Crippen molar-refractivity contribution in [2.75, 3.05) is 26.9 Å². The second kappa shape index (κ2) is 9.98. The van der Waals surface area contributed by atoms with Crippen molar-refractivity contribution in [1.82, 2.24) is 4.90 Å². The van der Waals surface area contributed by atoms with Gasteiger partial charge in [0.25, 0.3) is 11.7 Å². The first kappa shape index (κ1) is 22.8. The van der Waals surface area contributed by atoms with Crippen LogP contribution in [0, 0.1) is 0 Å². The summed E-state index contributed by atoms with van der Waals surface area (Å²) in [5, 5.41) is 20.1. The minimum Gasteiger partial charge on any atom is -0.507 e. The monoisotopic (exact) mass is 489 g/mol. The van der Waals surface area contributed by atoms with Crippen LogP contribution in [-0.4, -0.2) is 53.7 Å². The van der Waals surface area contributed by atoms with Crippen molar-refractivity contribution < 1.29 is 29.3 Å². The quantitative estimate of drug-likeness (QED) is 0.333. The number of hydrogen-bond donors (Lipinski definition) is 2. The molecule has 3 rings (SSSR count). The van der Waals surface area contributed by atoms with E-state index in [1.807, 2.05) is 6.92 Å².